The molecule has 1 saturated carbocycles. The summed E-state index contributed by atoms with van der Waals surface area (Å²) in [5.74, 6) is 0.383. The molecule has 1 saturated heterocycles. The second-order valence-corrected chi connectivity index (χ2v) is 13.7. The van der Waals surface area contributed by atoms with E-state index in [0.29, 0.717) is 47.9 Å². The van der Waals surface area contributed by atoms with Gasteiger partial charge in [-0.1, -0.05) is 44.2 Å². The Morgan fingerprint density at radius 3 is 2.58 bits per heavy atom. The fourth-order valence-corrected chi connectivity index (χ4v) is 6.67. The summed E-state index contributed by atoms with van der Waals surface area (Å²) in [5, 5.41) is 21.5. The number of carbonyl (C=O) groups is 1. The molecule has 3 heterocycles. The van der Waals surface area contributed by atoms with Gasteiger partial charge in [-0.25, -0.2) is 9.25 Å². The van der Waals surface area contributed by atoms with E-state index in [9.17, 15) is 18.0 Å². The number of carbonyl (C=O) groups excluding carboxylic acids is 1. The minimum absolute atomic E-state index is 0.0276. The highest BCUT2D eigenvalue weighted by molar-refractivity contribution is 14.2. The molecule has 4 N–H and O–H groups in total. The van der Waals surface area contributed by atoms with Gasteiger partial charge in [-0.05, 0) is 65.3 Å². The van der Waals surface area contributed by atoms with Crippen LogP contribution in [0, 0.1) is 11.3 Å². The zero-order chi connectivity index (χ0) is 30.8. The summed E-state index contributed by atoms with van der Waals surface area (Å²) in [6, 6.07) is 10.4. The van der Waals surface area contributed by atoms with Gasteiger partial charge in [0.2, 0.25) is 0 Å². The lowest BCUT2D eigenvalue weighted by Crippen LogP contribution is -2.66. The van der Waals surface area contributed by atoms with Gasteiger partial charge < -0.3 is 20.9 Å². The number of piperidine rings is 1. The van der Waals surface area contributed by atoms with E-state index in [2.05, 4.69) is 61.9 Å². The van der Waals surface area contributed by atoms with Crippen LogP contribution in [0.3, 0.4) is 0 Å². The van der Waals surface area contributed by atoms with E-state index in [0.717, 1.165) is 11.3 Å². The van der Waals surface area contributed by atoms with E-state index in [4.69, 9.17) is 5.41 Å². The number of likely N-dealkylation sites (tertiary alicyclic amines) is 1. The van der Waals surface area contributed by atoms with Crippen LogP contribution in [0.4, 0.5) is 29.3 Å². The highest BCUT2D eigenvalue weighted by Crippen LogP contribution is 2.55. The van der Waals surface area contributed by atoms with Gasteiger partial charge in [0.15, 0.2) is 0 Å². The van der Waals surface area contributed by atoms with Crippen LogP contribution in [0.15, 0.2) is 48.8 Å². The maximum atomic E-state index is 14.6. The topological polar surface area (TPSA) is 111 Å². The van der Waals surface area contributed by atoms with Crippen molar-refractivity contribution in [1.29, 1.82) is 5.41 Å². The van der Waals surface area contributed by atoms with Crippen molar-refractivity contribution in [3.05, 3.63) is 59.9 Å². The van der Waals surface area contributed by atoms with Crippen LogP contribution in [0.1, 0.15) is 50.7 Å². The number of urea groups is 1. The Morgan fingerprint density at radius 1 is 1.21 bits per heavy atom. The fourth-order valence-electron chi connectivity index (χ4n) is 5.61. The second-order valence-electron chi connectivity index (χ2n) is 11.6. The van der Waals surface area contributed by atoms with Gasteiger partial charge in [0.05, 0.1) is 24.0 Å². The normalized spacial score (nSPS) is 19.7. The zero-order valence-electron chi connectivity index (χ0n) is 23.9. The molecule has 0 bridgehead atoms. The van der Waals surface area contributed by atoms with Gasteiger partial charge in [-0.15, -0.1) is 0 Å². The minimum atomic E-state index is -4.47. The number of pyridine rings is 1. The van der Waals surface area contributed by atoms with Crippen molar-refractivity contribution >= 4 is 52.0 Å². The van der Waals surface area contributed by atoms with Crippen molar-refractivity contribution in [2.24, 2.45) is 5.92 Å². The van der Waals surface area contributed by atoms with Crippen LogP contribution in [0.2, 0.25) is 0 Å². The molecule has 2 fully saturated rings. The average Bonchev–Trinajstić information content (AvgIpc) is 3.61. The lowest BCUT2D eigenvalue weighted by Gasteiger charge is -2.48. The molecule has 43 heavy (non-hydrogen) atoms. The first kappa shape index (κ1) is 31.6. The first-order valence-electron chi connectivity index (χ1n) is 14.1. The number of nitrogens with zero attached hydrogens (tertiary/aromatic N) is 4. The average molecular weight is 727 g/mol. The van der Waals surface area contributed by atoms with Crippen LogP contribution >= 0.6 is 28.4 Å². The SMILES string of the molecule is CC(C)CNc1cc(-c2nn(PI)cc2NC(=O)N2CCC(NCc3ccccc3)(C(F)(F)F)CC23CC3)ncc1C=N. The fraction of sp³-hybridized carbons (Fsp3) is 0.448. The van der Waals surface area contributed by atoms with E-state index in [1.165, 1.54) is 6.21 Å². The molecule has 1 spiro atoms. The number of hydrogen-bond donors (Lipinski definition) is 4. The second kappa shape index (κ2) is 12.7. The van der Waals surface area contributed by atoms with Gasteiger partial charge in [0.1, 0.15) is 11.2 Å². The number of nitrogens with one attached hydrogen (secondary N) is 4. The van der Waals surface area contributed by atoms with Gasteiger partial charge in [-0.3, -0.25) is 10.3 Å². The van der Waals surface area contributed by atoms with E-state index in [1.807, 2.05) is 18.2 Å². The Bertz CT molecular complexity index is 1460. The van der Waals surface area contributed by atoms with Crippen LogP contribution in [-0.4, -0.2) is 62.0 Å². The zero-order valence-corrected chi connectivity index (χ0v) is 27.1. The van der Waals surface area contributed by atoms with Crippen molar-refractivity contribution < 1.29 is 18.0 Å². The summed E-state index contributed by atoms with van der Waals surface area (Å²) in [6.45, 7) is 4.94. The maximum Gasteiger partial charge on any atom is 0.406 e. The summed E-state index contributed by atoms with van der Waals surface area (Å²) in [7, 11) is 0. The molecule has 1 aliphatic heterocycles. The third-order valence-corrected chi connectivity index (χ3v) is 10.0. The summed E-state index contributed by atoms with van der Waals surface area (Å²) >= 11 is 2.19. The molecule has 230 valence electrons. The predicted octanol–water partition coefficient (Wildman–Crippen LogP) is 7.05. The Kier molecular flexibility index (Phi) is 9.34. The van der Waals surface area contributed by atoms with Crippen molar-refractivity contribution in [1.82, 2.24) is 24.8 Å². The lowest BCUT2D eigenvalue weighted by molar-refractivity contribution is -0.214. The van der Waals surface area contributed by atoms with E-state index >= 15 is 0 Å². The summed E-state index contributed by atoms with van der Waals surface area (Å²) in [5.41, 5.74) is 0.611. The quantitative estimate of drug-likeness (QED) is 0.102. The molecule has 2 aliphatic rings. The number of rotatable bonds is 10. The molecule has 0 radical (unpaired) electrons. The first-order valence-corrected chi connectivity index (χ1v) is 18.2. The number of aromatic nitrogens is 3. The minimum Gasteiger partial charge on any atom is -0.384 e. The molecule has 2 atom stereocenters. The van der Waals surface area contributed by atoms with Crippen molar-refractivity contribution in [3.8, 4) is 11.4 Å². The molecule has 2 amide bonds. The smallest absolute Gasteiger partial charge is 0.384 e. The van der Waals surface area contributed by atoms with Crippen molar-refractivity contribution in [3.63, 3.8) is 0 Å². The van der Waals surface area contributed by atoms with Crippen molar-refractivity contribution in [2.75, 3.05) is 23.7 Å². The number of benzene rings is 1. The lowest BCUT2D eigenvalue weighted by atomic mass is 9.80. The van der Waals surface area contributed by atoms with E-state index in [-0.39, 0.29) is 32.3 Å². The third kappa shape index (κ3) is 6.83. The largest absolute Gasteiger partial charge is 0.406 e. The molecule has 3 aromatic rings. The monoisotopic (exact) mass is 726 g/mol. The molecule has 2 unspecified atom stereocenters. The van der Waals surface area contributed by atoms with Gasteiger partial charge in [0, 0.05) is 48.8 Å². The number of alkyl halides is 3. The Hall–Kier alpha value is -2.77. The predicted molar refractivity (Wildman–Crippen MR) is 173 cm³/mol. The number of amides is 2. The maximum absolute atomic E-state index is 14.6. The molecule has 9 nitrogen and oxygen atoms in total. The first-order chi connectivity index (χ1) is 20.5. The highest BCUT2D eigenvalue weighted by Gasteiger charge is 2.65. The molecular weight excluding hydrogens is 691 g/mol. The van der Waals surface area contributed by atoms with Gasteiger partial charge >= 0.3 is 12.2 Å². The standard InChI is InChI=1S/C29H35F3IN8OP/c1-19(2)14-35-22-12-23(36-16-21(22)13-34)25-24(17-41(39-25)43-33)38-26(42)40-11-10-28(29(30,31)32,18-27(40)8-9-27)37-15-20-6-4-3-5-7-20/h3-7,12-13,16-17,19,34,37,43H,8-11,14-15,18H2,1-2H3,(H,35,36)(H,38,42). The van der Waals surface area contributed by atoms with E-state index < -0.39 is 23.3 Å². The molecule has 14 heteroatoms. The molecule has 5 rings (SSSR count). The van der Waals surface area contributed by atoms with Crippen LogP contribution < -0.4 is 16.0 Å². The summed E-state index contributed by atoms with van der Waals surface area (Å²) < 4.78 is 45.5. The Balaban J connectivity index is 1.37. The van der Waals surface area contributed by atoms with Crippen molar-refractivity contribution in [2.45, 2.75) is 63.3 Å². The molecule has 2 aromatic heterocycles. The summed E-state index contributed by atoms with van der Waals surface area (Å²) in [6.07, 6.45) is 0.934. The highest BCUT2D eigenvalue weighted by atomic mass is 127. The number of halogens is 4. The Labute approximate surface area is 263 Å². The summed E-state index contributed by atoms with van der Waals surface area (Å²) in [4.78, 5) is 19.8. The van der Waals surface area contributed by atoms with E-state index in [1.54, 1.807) is 39.9 Å². The van der Waals surface area contributed by atoms with Crippen LogP contribution in [-0.2, 0) is 6.54 Å². The van der Waals surface area contributed by atoms with Gasteiger partial charge in [0.25, 0.3) is 0 Å². The Morgan fingerprint density at radius 2 is 1.95 bits per heavy atom. The third-order valence-electron chi connectivity index (χ3n) is 8.13. The number of anilines is 2. The van der Waals surface area contributed by atoms with Crippen LogP contribution in [0.25, 0.3) is 11.4 Å². The molecular formula is C29H35F3IN8OP. The van der Waals surface area contributed by atoms with Gasteiger partial charge in [-0.2, -0.15) is 18.3 Å². The molecule has 1 aromatic carbocycles. The van der Waals surface area contributed by atoms with Crippen LogP contribution in [0.5, 0.6) is 0 Å². The molecule has 1 aliphatic carbocycles. The number of hydrogen-bond acceptors (Lipinski definition) is 6.